The maximum absolute atomic E-state index is 12.6. The number of carbonyl (C=O) groups is 5. The predicted molar refractivity (Wildman–Crippen MR) is 202 cm³/mol. The van der Waals surface area contributed by atoms with Crippen LogP contribution in [0.1, 0.15) is 72.7 Å². The Morgan fingerprint density at radius 3 is 1.91 bits per heavy atom. The number of hydrogen-bond acceptors (Lipinski definition) is 12. The molecule has 16 nitrogen and oxygen atoms in total. The van der Waals surface area contributed by atoms with Crippen molar-refractivity contribution < 1.29 is 49.1 Å². The van der Waals surface area contributed by atoms with Gasteiger partial charge in [0.1, 0.15) is 12.0 Å². The molecule has 3 heterocycles. The predicted octanol–water partition coefficient (Wildman–Crippen LogP) is 4.52. The Bertz CT molecular complexity index is 2240. The van der Waals surface area contributed by atoms with Gasteiger partial charge < -0.3 is 29.7 Å². The number of rotatable bonds is 14. The molecular weight excluding hydrogens is 736 g/mol. The molecule has 0 amide bonds. The monoisotopic (exact) mass is 778 g/mol. The third-order valence-corrected chi connectivity index (χ3v) is 10.2. The summed E-state index contributed by atoms with van der Waals surface area (Å²) in [7, 11) is 1.40. The van der Waals surface area contributed by atoms with Crippen LogP contribution in [0.3, 0.4) is 0 Å². The average molecular weight is 779 g/mol. The van der Waals surface area contributed by atoms with Crippen molar-refractivity contribution in [2.75, 3.05) is 7.11 Å². The number of aliphatic hydroxyl groups is 2. The fraction of sp³-hybridized carbons (Fsp3) is 0.341. The number of carboxylic acids is 2. The fourth-order valence-electron chi connectivity index (χ4n) is 7.11. The highest BCUT2D eigenvalue weighted by Crippen LogP contribution is 2.37. The zero-order valence-corrected chi connectivity index (χ0v) is 31.5. The third kappa shape index (κ3) is 8.06. The second-order valence-corrected chi connectivity index (χ2v) is 14.4. The highest BCUT2D eigenvalue weighted by atomic mass is 16.5. The molecule has 6 rings (SSSR count). The Hall–Kier alpha value is -6.57. The van der Waals surface area contributed by atoms with Gasteiger partial charge in [-0.25, -0.2) is 19.6 Å². The highest BCUT2D eigenvalue weighted by Gasteiger charge is 2.69. The van der Waals surface area contributed by atoms with Crippen LogP contribution in [0.25, 0.3) is 22.3 Å². The molecule has 1 saturated carbocycles. The summed E-state index contributed by atoms with van der Waals surface area (Å²) in [5, 5.41) is 54.7. The van der Waals surface area contributed by atoms with Crippen molar-refractivity contribution in [1.29, 1.82) is 5.26 Å². The quantitative estimate of drug-likeness (QED) is 0.0688. The van der Waals surface area contributed by atoms with E-state index in [0.717, 1.165) is 59.4 Å². The van der Waals surface area contributed by atoms with Crippen LogP contribution in [0.2, 0.25) is 0 Å². The number of aliphatic carboxylic acids is 2. The zero-order chi connectivity index (χ0) is 41.5. The number of fused-ring (bicyclic) bond motifs is 1. The van der Waals surface area contributed by atoms with E-state index in [2.05, 4.69) is 21.1 Å². The van der Waals surface area contributed by atoms with E-state index in [1.54, 1.807) is 6.33 Å². The number of nitrogens with zero attached hydrogens (tertiary/aromatic N) is 6. The Morgan fingerprint density at radius 2 is 1.42 bits per heavy atom. The Morgan fingerprint density at radius 1 is 0.877 bits per heavy atom. The standard InChI is InChI=1S/C23H28N6O2.C18H14O8/c1-23(2,22(30)31-3)14-28-11-9-18-20(25-15-26-21(18)28)17-12-27-29(13-17)19(8-10-24)16-6-4-5-7-16;19-13(11-7-3-1-4-8-11)17(25,15(21)22)18(26,16(23)24)14(20)12-9-5-2-6-10-12/h9,11-13,15-16,19H,4-8,14H2,1-3H3;1-10,25-26H,(H,21,22)(H,23,24)/t19-;/m1./s1. The number of carbonyl (C=O) groups excluding carboxylic acids is 3. The molecule has 1 aliphatic rings. The lowest BCUT2D eigenvalue weighted by atomic mass is 9.73. The molecule has 4 N–H and O–H groups in total. The van der Waals surface area contributed by atoms with Crippen molar-refractivity contribution in [2.45, 2.75) is 69.7 Å². The summed E-state index contributed by atoms with van der Waals surface area (Å²) < 4.78 is 8.84. The highest BCUT2D eigenvalue weighted by molar-refractivity contribution is 6.28. The van der Waals surface area contributed by atoms with Gasteiger partial charge >= 0.3 is 17.9 Å². The Balaban J connectivity index is 0.000000221. The molecule has 2 unspecified atom stereocenters. The number of esters is 1. The van der Waals surface area contributed by atoms with E-state index in [1.807, 2.05) is 47.8 Å². The maximum Gasteiger partial charge on any atom is 0.348 e. The summed E-state index contributed by atoms with van der Waals surface area (Å²) in [5.41, 5.74) is -6.90. The number of methoxy groups -OCH3 is 1. The first-order chi connectivity index (χ1) is 27.1. The van der Waals surface area contributed by atoms with Gasteiger partial charge in [-0.2, -0.15) is 10.4 Å². The van der Waals surface area contributed by atoms with Crippen LogP contribution in [-0.2, 0) is 25.7 Å². The first-order valence-electron chi connectivity index (χ1n) is 18.0. The van der Waals surface area contributed by atoms with Gasteiger partial charge in [0.25, 0.3) is 11.2 Å². The SMILES string of the molecule is COC(=O)C(C)(C)Cn1ccc2c(-c3cnn([C@H](CC#N)C4CCCC4)c3)ncnc21.O=C(O)C(O)(C(=O)c1ccccc1)C(O)(C(=O)O)C(=O)c1ccccc1. The summed E-state index contributed by atoms with van der Waals surface area (Å²) in [6.07, 6.45) is 12.5. The lowest BCUT2D eigenvalue weighted by molar-refractivity contribution is -0.187. The van der Waals surface area contributed by atoms with Gasteiger partial charge in [-0.1, -0.05) is 73.5 Å². The van der Waals surface area contributed by atoms with Gasteiger partial charge in [0.15, 0.2) is 0 Å². The molecule has 0 spiro atoms. The van der Waals surface area contributed by atoms with E-state index >= 15 is 0 Å². The smallest absolute Gasteiger partial charge is 0.348 e. The van der Waals surface area contributed by atoms with Crippen LogP contribution in [0.4, 0.5) is 0 Å². The van der Waals surface area contributed by atoms with Crippen molar-refractivity contribution in [1.82, 2.24) is 24.3 Å². The first kappa shape index (κ1) is 41.6. The van der Waals surface area contributed by atoms with Crippen molar-refractivity contribution in [2.24, 2.45) is 11.3 Å². The molecule has 3 atom stereocenters. The topological polar surface area (TPSA) is 248 Å². The van der Waals surface area contributed by atoms with Gasteiger partial charge in [-0.3, -0.25) is 19.1 Å². The normalized spacial score (nSPS) is 15.6. The molecule has 16 heteroatoms. The summed E-state index contributed by atoms with van der Waals surface area (Å²) in [5.74, 6) is -7.79. The molecule has 1 aliphatic carbocycles. The van der Waals surface area contributed by atoms with E-state index in [0.29, 0.717) is 18.9 Å². The number of Topliss-reactive ketones (excluding diaryl/α,β-unsaturated/α-hetero) is 2. The summed E-state index contributed by atoms with van der Waals surface area (Å²) in [6.45, 7) is 4.16. The summed E-state index contributed by atoms with van der Waals surface area (Å²) >= 11 is 0. The van der Waals surface area contributed by atoms with Gasteiger partial charge in [-0.15, -0.1) is 0 Å². The zero-order valence-electron chi connectivity index (χ0n) is 31.5. The number of ketones is 2. The van der Waals surface area contributed by atoms with Crippen LogP contribution in [0.5, 0.6) is 0 Å². The molecule has 5 aromatic rings. The number of hydrogen-bond donors (Lipinski definition) is 4. The van der Waals surface area contributed by atoms with Crippen LogP contribution in [-0.4, -0.2) is 92.5 Å². The molecule has 2 aromatic carbocycles. The van der Waals surface area contributed by atoms with Gasteiger partial charge in [0.05, 0.1) is 42.9 Å². The number of benzene rings is 2. The number of nitriles is 1. The molecule has 0 bridgehead atoms. The van der Waals surface area contributed by atoms with Gasteiger partial charge in [-0.05, 0) is 38.7 Å². The molecule has 1 fully saturated rings. The second-order valence-electron chi connectivity index (χ2n) is 14.4. The largest absolute Gasteiger partial charge is 0.479 e. The fourth-order valence-corrected chi connectivity index (χ4v) is 7.11. The summed E-state index contributed by atoms with van der Waals surface area (Å²) in [6, 6.07) is 17.2. The first-order valence-corrected chi connectivity index (χ1v) is 18.0. The maximum atomic E-state index is 12.6. The molecule has 296 valence electrons. The van der Waals surface area contributed by atoms with Crippen LogP contribution < -0.4 is 0 Å². The van der Waals surface area contributed by atoms with E-state index in [-0.39, 0.29) is 12.0 Å². The van der Waals surface area contributed by atoms with Crippen LogP contribution in [0.15, 0.2) is 91.6 Å². The molecule has 57 heavy (non-hydrogen) atoms. The second kappa shape index (κ2) is 17.1. The van der Waals surface area contributed by atoms with Crippen molar-refractivity contribution in [3.8, 4) is 17.3 Å². The van der Waals surface area contributed by atoms with E-state index < -0.39 is 51.2 Å². The molecule has 0 radical (unpaired) electrons. The minimum Gasteiger partial charge on any atom is -0.479 e. The Kier molecular flexibility index (Phi) is 12.4. The van der Waals surface area contributed by atoms with E-state index in [1.165, 1.54) is 56.3 Å². The molecule has 0 saturated heterocycles. The number of ether oxygens (including phenoxy) is 1. The van der Waals surface area contributed by atoms with Crippen molar-refractivity contribution in [3.63, 3.8) is 0 Å². The third-order valence-electron chi connectivity index (χ3n) is 10.2. The minimum absolute atomic E-state index is 0.101. The molecule has 0 aliphatic heterocycles. The van der Waals surface area contributed by atoms with Crippen molar-refractivity contribution >= 4 is 40.5 Å². The summed E-state index contributed by atoms with van der Waals surface area (Å²) in [4.78, 5) is 69.6. The number of carboxylic acid groups (broad SMARTS) is 2. The van der Waals surface area contributed by atoms with E-state index in [4.69, 9.17) is 4.74 Å². The lowest BCUT2D eigenvalue weighted by Crippen LogP contribution is -2.71. The van der Waals surface area contributed by atoms with Crippen LogP contribution in [0, 0.1) is 22.7 Å². The van der Waals surface area contributed by atoms with Gasteiger partial charge in [0.2, 0.25) is 11.6 Å². The molecule has 3 aromatic heterocycles. The average Bonchev–Trinajstić information content (AvgIpc) is 4.02. The van der Waals surface area contributed by atoms with Crippen LogP contribution >= 0.6 is 0 Å². The van der Waals surface area contributed by atoms with Gasteiger partial charge in [0, 0.05) is 41.0 Å². The minimum atomic E-state index is -3.95. The number of aromatic nitrogens is 5. The Labute approximate surface area is 327 Å². The van der Waals surface area contributed by atoms with Crippen molar-refractivity contribution in [3.05, 3.63) is 103 Å². The molecular formula is C41H42N6O10. The lowest BCUT2D eigenvalue weighted by Gasteiger charge is -2.34. The van der Waals surface area contributed by atoms with E-state index in [9.17, 15) is 49.7 Å².